The first kappa shape index (κ1) is 21.8. The molecular formula is C23H24N4O4. The lowest BCUT2D eigenvalue weighted by Gasteiger charge is -2.11. The quantitative estimate of drug-likeness (QED) is 0.317. The number of ether oxygens (including phenoxy) is 2. The van der Waals surface area contributed by atoms with Crippen LogP contribution in [-0.4, -0.2) is 27.3 Å². The van der Waals surface area contributed by atoms with Gasteiger partial charge in [-0.2, -0.15) is 5.26 Å². The molecule has 0 bridgehead atoms. The Kier molecular flexibility index (Phi) is 6.55. The van der Waals surface area contributed by atoms with Crippen molar-refractivity contribution in [2.75, 3.05) is 6.61 Å². The summed E-state index contributed by atoms with van der Waals surface area (Å²) in [5, 5.41) is 17.1. The average Bonchev–Trinajstić information content (AvgIpc) is 3.30. The van der Waals surface area contributed by atoms with Crippen molar-refractivity contribution in [1.82, 2.24) is 14.8 Å². The molecule has 160 valence electrons. The van der Waals surface area contributed by atoms with Gasteiger partial charge in [0.05, 0.1) is 6.61 Å². The lowest BCUT2D eigenvalue weighted by atomic mass is 10.1. The smallest absolute Gasteiger partial charge is 0.349 e. The van der Waals surface area contributed by atoms with Gasteiger partial charge in [0, 0.05) is 24.0 Å². The van der Waals surface area contributed by atoms with Gasteiger partial charge in [0.15, 0.2) is 6.10 Å². The third kappa shape index (κ3) is 4.83. The molecule has 0 aliphatic carbocycles. The molecule has 3 aromatic rings. The Bertz CT molecular complexity index is 1150. The Hall–Kier alpha value is -3.86. The standard InChI is InChI=1S/C23H24N4O4/c1-6-29-21-9-7-20(8-10-21)27-14(2)11-18(15(27)3)12-19(13-24)23(28)30-16(4)22-26-25-17(5)31-22/h7-12,16H,6H2,1-5H3/b19-12-. The lowest BCUT2D eigenvalue weighted by molar-refractivity contribution is -0.144. The molecule has 31 heavy (non-hydrogen) atoms. The number of esters is 1. The average molecular weight is 420 g/mol. The molecule has 0 fully saturated rings. The van der Waals surface area contributed by atoms with Crippen LogP contribution in [-0.2, 0) is 9.53 Å². The number of hydrogen-bond donors (Lipinski definition) is 0. The van der Waals surface area contributed by atoms with Gasteiger partial charge in [-0.25, -0.2) is 4.79 Å². The number of nitrogens with zero attached hydrogens (tertiary/aromatic N) is 4. The van der Waals surface area contributed by atoms with Crippen LogP contribution in [0.5, 0.6) is 5.75 Å². The van der Waals surface area contributed by atoms with Crippen LogP contribution in [0.3, 0.4) is 0 Å². The van der Waals surface area contributed by atoms with E-state index in [2.05, 4.69) is 10.2 Å². The van der Waals surface area contributed by atoms with E-state index in [0.29, 0.717) is 12.5 Å². The van der Waals surface area contributed by atoms with Crippen LogP contribution in [0, 0.1) is 32.1 Å². The summed E-state index contributed by atoms with van der Waals surface area (Å²) < 4.78 is 18.1. The normalized spacial score (nSPS) is 12.3. The maximum absolute atomic E-state index is 12.5. The van der Waals surface area contributed by atoms with Gasteiger partial charge in [0.2, 0.25) is 5.89 Å². The number of carbonyl (C=O) groups excluding carboxylic acids is 1. The Labute approximate surface area is 180 Å². The number of nitriles is 1. The van der Waals surface area contributed by atoms with Crippen molar-refractivity contribution in [3.63, 3.8) is 0 Å². The van der Waals surface area contributed by atoms with Gasteiger partial charge in [-0.05, 0) is 69.7 Å². The molecule has 0 aliphatic rings. The molecule has 8 nitrogen and oxygen atoms in total. The summed E-state index contributed by atoms with van der Waals surface area (Å²) >= 11 is 0. The summed E-state index contributed by atoms with van der Waals surface area (Å²) in [6, 6.07) is 11.6. The van der Waals surface area contributed by atoms with Gasteiger partial charge in [0.1, 0.15) is 17.4 Å². The number of benzene rings is 1. The minimum absolute atomic E-state index is 0.116. The number of rotatable bonds is 7. The Balaban J connectivity index is 1.85. The fraction of sp³-hybridized carbons (Fsp3) is 0.304. The van der Waals surface area contributed by atoms with Gasteiger partial charge < -0.3 is 18.5 Å². The molecule has 0 amide bonds. The second-order valence-corrected chi connectivity index (χ2v) is 6.97. The van der Waals surface area contributed by atoms with Crippen molar-refractivity contribution in [3.8, 4) is 17.5 Å². The van der Waals surface area contributed by atoms with E-state index in [1.54, 1.807) is 13.8 Å². The minimum atomic E-state index is -0.762. The molecule has 1 atom stereocenters. The molecule has 0 saturated carbocycles. The minimum Gasteiger partial charge on any atom is -0.494 e. The predicted octanol–water partition coefficient (Wildman–Crippen LogP) is 4.40. The van der Waals surface area contributed by atoms with Crippen molar-refractivity contribution in [1.29, 1.82) is 5.26 Å². The van der Waals surface area contributed by atoms with Crippen LogP contribution in [0.2, 0.25) is 0 Å². The SMILES string of the molecule is CCOc1ccc(-n2c(C)cc(/C=C(/C#N)C(=O)OC(C)c3nnc(C)o3)c2C)cc1. The summed E-state index contributed by atoms with van der Waals surface area (Å²) in [7, 11) is 0. The van der Waals surface area contributed by atoms with Crippen molar-refractivity contribution in [2.24, 2.45) is 0 Å². The number of aryl methyl sites for hydroxylation is 2. The van der Waals surface area contributed by atoms with E-state index in [1.807, 2.05) is 61.7 Å². The zero-order valence-electron chi connectivity index (χ0n) is 18.2. The van der Waals surface area contributed by atoms with Gasteiger partial charge >= 0.3 is 5.97 Å². The fourth-order valence-corrected chi connectivity index (χ4v) is 3.23. The highest BCUT2D eigenvalue weighted by atomic mass is 16.6. The summed E-state index contributed by atoms with van der Waals surface area (Å²) in [6.45, 7) is 9.69. The van der Waals surface area contributed by atoms with E-state index in [1.165, 1.54) is 6.08 Å². The molecule has 2 aromatic heterocycles. The second-order valence-electron chi connectivity index (χ2n) is 6.97. The van der Waals surface area contributed by atoms with Crippen molar-refractivity contribution in [3.05, 3.63) is 64.6 Å². The highest BCUT2D eigenvalue weighted by Crippen LogP contribution is 2.25. The van der Waals surface area contributed by atoms with E-state index >= 15 is 0 Å². The molecule has 1 aromatic carbocycles. The van der Waals surface area contributed by atoms with Crippen LogP contribution in [0.25, 0.3) is 11.8 Å². The first-order valence-electron chi connectivity index (χ1n) is 9.89. The fourth-order valence-electron chi connectivity index (χ4n) is 3.23. The van der Waals surface area contributed by atoms with E-state index in [4.69, 9.17) is 13.9 Å². The maximum atomic E-state index is 12.5. The van der Waals surface area contributed by atoms with Crippen molar-refractivity contribution in [2.45, 2.75) is 40.7 Å². The van der Waals surface area contributed by atoms with Crippen LogP contribution < -0.4 is 4.74 Å². The second kappa shape index (κ2) is 9.30. The zero-order valence-corrected chi connectivity index (χ0v) is 18.2. The van der Waals surface area contributed by atoms with E-state index in [9.17, 15) is 10.1 Å². The van der Waals surface area contributed by atoms with Gasteiger partial charge in [-0.1, -0.05) is 0 Å². The van der Waals surface area contributed by atoms with Crippen LogP contribution >= 0.6 is 0 Å². The summed E-state index contributed by atoms with van der Waals surface area (Å²) in [5.74, 6) is 0.595. The molecule has 0 saturated heterocycles. The van der Waals surface area contributed by atoms with Gasteiger partial charge in [-0.15, -0.1) is 10.2 Å². The van der Waals surface area contributed by atoms with E-state index < -0.39 is 12.1 Å². The Morgan fingerprint density at radius 2 is 1.97 bits per heavy atom. The lowest BCUT2D eigenvalue weighted by Crippen LogP contribution is -2.11. The van der Waals surface area contributed by atoms with Crippen LogP contribution in [0.4, 0.5) is 0 Å². The number of hydrogen-bond acceptors (Lipinski definition) is 7. The molecule has 2 heterocycles. The number of carbonyl (C=O) groups is 1. The van der Waals surface area contributed by atoms with E-state index in [0.717, 1.165) is 28.4 Å². The van der Waals surface area contributed by atoms with E-state index in [-0.39, 0.29) is 11.5 Å². The highest BCUT2D eigenvalue weighted by molar-refractivity contribution is 5.98. The molecular weight excluding hydrogens is 396 g/mol. The van der Waals surface area contributed by atoms with Crippen LogP contribution in [0.1, 0.15) is 48.7 Å². The first-order valence-corrected chi connectivity index (χ1v) is 9.89. The zero-order chi connectivity index (χ0) is 22.5. The molecule has 0 radical (unpaired) electrons. The summed E-state index contributed by atoms with van der Waals surface area (Å²) in [5.41, 5.74) is 3.45. The highest BCUT2D eigenvalue weighted by Gasteiger charge is 2.21. The van der Waals surface area contributed by atoms with Crippen molar-refractivity contribution < 1.29 is 18.7 Å². The Morgan fingerprint density at radius 3 is 2.55 bits per heavy atom. The maximum Gasteiger partial charge on any atom is 0.349 e. The molecule has 0 N–H and O–H groups in total. The third-order valence-electron chi connectivity index (χ3n) is 4.69. The number of aromatic nitrogens is 3. The predicted molar refractivity (Wildman–Crippen MR) is 114 cm³/mol. The largest absolute Gasteiger partial charge is 0.494 e. The Morgan fingerprint density at radius 1 is 1.26 bits per heavy atom. The molecule has 3 rings (SSSR count). The van der Waals surface area contributed by atoms with Crippen molar-refractivity contribution >= 4 is 12.0 Å². The molecule has 0 aliphatic heterocycles. The molecule has 0 spiro atoms. The topological polar surface area (TPSA) is 103 Å². The van der Waals surface area contributed by atoms with Crippen LogP contribution in [0.15, 0.2) is 40.3 Å². The molecule has 1 unspecified atom stereocenters. The monoisotopic (exact) mass is 420 g/mol. The van der Waals surface area contributed by atoms with Gasteiger partial charge in [-0.3, -0.25) is 0 Å². The molecule has 8 heteroatoms. The summed E-state index contributed by atoms with van der Waals surface area (Å²) in [4.78, 5) is 12.5. The third-order valence-corrected chi connectivity index (χ3v) is 4.69. The first-order chi connectivity index (χ1) is 14.8. The summed E-state index contributed by atoms with van der Waals surface area (Å²) in [6.07, 6.45) is 0.767. The van der Waals surface area contributed by atoms with Gasteiger partial charge in [0.25, 0.3) is 5.89 Å².